The molecule has 3 aromatic rings. The van der Waals surface area contributed by atoms with Gasteiger partial charge in [0.1, 0.15) is 11.6 Å². The van der Waals surface area contributed by atoms with Gasteiger partial charge in [-0.2, -0.15) is 0 Å². The minimum absolute atomic E-state index is 0.234. The maximum atomic E-state index is 12.8. The number of nitrogens with zero attached hydrogens (tertiary/aromatic N) is 2. The number of pyridine rings is 1. The molecule has 0 spiro atoms. The molecule has 0 atom stereocenters. The quantitative estimate of drug-likeness (QED) is 0.776. The summed E-state index contributed by atoms with van der Waals surface area (Å²) in [5, 5.41) is 0.450. The van der Waals surface area contributed by atoms with Crippen molar-refractivity contribution in [2.45, 2.75) is 0 Å². The summed E-state index contributed by atoms with van der Waals surface area (Å²) in [6, 6.07) is 9.39. The zero-order valence-corrected chi connectivity index (χ0v) is 10.4. The first kappa shape index (κ1) is 12.2. The van der Waals surface area contributed by atoms with Gasteiger partial charge in [-0.1, -0.05) is 18.2 Å². The molecule has 0 unspecified atom stereocenters. The van der Waals surface area contributed by atoms with Gasteiger partial charge < -0.3 is 4.98 Å². The Kier molecular flexibility index (Phi) is 3.09. The molecule has 2 heterocycles. The third-order valence-electron chi connectivity index (χ3n) is 2.80. The Morgan fingerprint density at radius 2 is 1.90 bits per heavy atom. The number of aromatic nitrogens is 3. The summed E-state index contributed by atoms with van der Waals surface area (Å²) >= 11 is 0. The van der Waals surface area contributed by atoms with E-state index in [0.717, 1.165) is 5.56 Å². The molecule has 0 aliphatic rings. The molecule has 1 N–H and O–H groups in total. The van der Waals surface area contributed by atoms with Crippen molar-refractivity contribution in [2.75, 3.05) is 0 Å². The van der Waals surface area contributed by atoms with E-state index in [4.69, 9.17) is 0 Å². The maximum Gasteiger partial charge on any atom is 0.260 e. The molecule has 0 fully saturated rings. The van der Waals surface area contributed by atoms with Crippen molar-refractivity contribution in [2.24, 2.45) is 0 Å². The maximum absolute atomic E-state index is 12.8. The van der Waals surface area contributed by atoms with E-state index >= 15 is 0 Å². The summed E-state index contributed by atoms with van der Waals surface area (Å²) in [7, 11) is 0. The molecular weight excluding hydrogens is 257 g/mol. The highest BCUT2D eigenvalue weighted by atomic mass is 19.1. The Hall–Kier alpha value is -2.82. The fraction of sp³-hybridized carbons (Fsp3) is 0. The second-order valence-corrected chi connectivity index (χ2v) is 4.21. The van der Waals surface area contributed by atoms with E-state index in [9.17, 15) is 9.18 Å². The highest BCUT2D eigenvalue weighted by molar-refractivity contribution is 5.75. The highest BCUT2D eigenvalue weighted by Crippen LogP contribution is 2.08. The van der Waals surface area contributed by atoms with Gasteiger partial charge >= 0.3 is 0 Å². The Balaban J connectivity index is 1.98. The van der Waals surface area contributed by atoms with E-state index in [-0.39, 0.29) is 11.4 Å². The lowest BCUT2D eigenvalue weighted by Gasteiger charge is -1.97. The minimum atomic E-state index is -0.288. The first-order chi connectivity index (χ1) is 9.72. The smallest absolute Gasteiger partial charge is 0.260 e. The van der Waals surface area contributed by atoms with E-state index in [0.29, 0.717) is 16.9 Å². The molecule has 0 radical (unpaired) electrons. The van der Waals surface area contributed by atoms with Crippen molar-refractivity contribution in [1.82, 2.24) is 15.0 Å². The van der Waals surface area contributed by atoms with Crippen LogP contribution in [-0.4, -0.2) is 15.0 Å². The Bertz CT molecular complexity index is 838. The molecule has 98 valence electrons. The normalized spacial score (nSPS) is 11.2. The van der Waals surface area contributed by atoms with Crippen molar-refractivity contribution in [1.29, 1.82) is 0 Å². The van der Waals surface area contributed by atoms with Crippen LogP contribution in [0.5, 0.6) is 0 Å². The van der Waals surface area contributed by atoms with Crippen LogP contribution in [-0.2, 0) is 0 Å². The van der Waals surface area contributed by atoms with Gasteiger partial charge in [0, 0.05) is 6.20 Å². The van der Waals surface area contributed by atoms with Crippen molar-refractivity contribution in [3.05, 3.63) is 70.2 Å². The van der Waals surface area contributed by atoms with Crippen LogP contribution in [0.25, 0.3) is 23.2 Å². The van der Waals surface area contributed by atoms with Crippen molar-refractivity contribution in [3.8, 4) is 0 Å². The number of fused-ring (bicyclic) bond motifs is 1. The van der Waals surface area contributed by atoms with Gasteiger partial charge in [0.2, 0.25) is 0 Å². The number of aromatic amines is 1. The van der Waals surface area contributed by atoms with Crippen molar-refractivity contribution in [3.63, 3.8) is 0 Å². The second kappa shape index (κ2) is 5.05. The molecule has 0 bridgehead atoms. The van der Waals surface area contributed by atoms with Crippen LogP contribution in [0.15, 0.2) is 47.4 Å². The van der Waals surface area contributed by atoms with E-state index < -0.39 is 0 Å². The summed E-state index contributed by atoms with van der Waals surface area (Å²) in [4.78, 5) is 22.8. The standard InChI is InChI=1S/C15H10FN3O/c16-11-6-3-10(4-7-11)5-8-13-18-14-12(15(20)19-13)2-1-9-17-14/h1-9H,(H,17,18,19,20)/b8-5+. The van der Waals surface area contributed by atoms with Crippen LogP contribution in [0.1, 0.15) is 11.4 Å². The third kappa shape index (κ3) is 2.47. The van der Waals surface area contributed by atoms with Crippen LogP contribution >= 0.6 is 0 Å². The van der Waals surface area contributed by atoms with Crippen LogP contribution in [0.3, 0.4) is 0 Å². The van der Waals surface area contributed by atoms with Gasteiger partial charge in [-0.3, -0.25) is 4.79 Å². The molecule has 5 heteroatoms. The van der Waals surface area contributed by atoms with E-state index in [1.54, 1.807) is 42.6 Å². The Morgan fingerprint density at radius 1 is 1.10 bits per heavy atom. The number of rotatable bonds is 2. The number of H-pyrrole nitrogens is 1. The van der Waals surface area contributed by atoms with E-state index in [1.807, 2.05) is 0 Å². The van der Waals surface area contributed by atoms with Gasteiger partial charge in [0.05, 0.1) is 5.39 Å². The summed E-state index contributed by atoms with van der Waals surface area (Å²) in [5.41, 5.74) is 0.979. The molecule has 2 aromatic heterocycles. The topological polar surface area (TPSA) is 58.6 Å². The summed E-state index contributed by atoms with van der Waals surface area (Å²) in [5.74, 6) is 0.120. The van der Waals surface area contributed by atoms with E-state index in [2.05, 4.69) is 15.0 Å². The van der Waals surface area contributed by atoms with Gasteiger partial charge in [0.15, 0.2) is 5.65 Å². The molecule has 0 saturated heterocycles. The molecule has 0 aliphatic carbocycles. The lowest BCUT2D eigenvalue weighted by Crippen LogP contribution is -2.10. The van der Waals surface area contributed by atoms with Crippen molar-refractivity contribution < 1.29 is 4.39 Å². The van der Waals surface area contributed by atoms with Crippen LogP contribution < -0.4 is 5.56 Å². The first-order valence-corrected chi connectivity index (χ1v) is 6.01. The summed E-state index contributed by atoms with van der Waals surface area (Å²) in [6.45, 7) is 0. The fourth-order valence-electron chi connectivity index (χ4n) is 1.82. The second-order valence-electron chi connectivity index (χ2n) is 4.21. The average Bonchev–Trinajstić information content (AvgIpc) is 2.47. The van der Waals surface area contributed by atoms with Gasteiger partial charge in [-0.25, -0.2) is 14.4 Å². The lowest BCUT2D eigenvalue weighted by atomic mass is 10.2. The Morgan fingerprint density at radius 3 is 2.70 bits per heavy atom. The fourth-order valence-corrected chi connectivity index (χ4v) is 1.82. The molecule has 0 saturated carbocycles. The molecule has 1 aromatic carbocycles. The molecular formula is C15H10FN3O. The third-order valence-corrected chi connectivity index (χ3v) is 2.80. The lowest BCUT2D eigenvalue weighted by molar-refractivity contribution is 0.628. The van der Waals surface area contributed by atoms with Crippen LogP contribution in [0, 0.1) is 5.82 Å². The number of benzene rings is 1. The molecule has 3 rings (SSSR count). The monoisotopic (exact) mass is 267 g/mol. The molecule has 20 heavy (non-hydrogen) atoms. The Labute approximate surface area is 113 Å². The van der Waals surface area contributed by atoms with Gasteiger partial charge in [0.25, 0.3) is 5.56 Å². The molecule has 0 aliphatic heterocycles. The zero-order valence-electron chi connectivity index (χ0n) is 10.4. The zero-order chi connectivity index (χ0) is 13.9. The van der Waals surface area contributed by atoms with Crippen molar-refractivity contribution >= 4 is 23.2 Å². The molecule has 0 amide bonds. The summed E-state index contributed by atoms with van der Waals surface area (Å²) < 4.78 is 12.8. The number of nitrogens with one attached hydrogen (secondary N) is 1. The van der Waals surface area contributed by atoms with Crippen LogP contribution in [0.4, 0.5) is 4.39 Å². The number of halogens is 1. The number of hydrogen-bond donors (Lipinski definition) is 1. The number of hydrogen-bond acceptors (Lipinski definition) is 3. The highest BCUT2D eigenvalue weighted by Gasteiger charge is 2.01. The predicted octanol–water partition coefficient (Wildman–Crippen LogP) is 2.63. The SMILES string of the molecule is O=c1[nH]c(/C=C/c2ccc(F)cc2)nc2ncccc12. The molecule has 4 nitrogen and oxygen atoms in total. The first-order valence-electron chi connectivity index (χ1n) is 6.01. The predicted molar refractivity (Wildman–Crippen MR) is 75.5 cm³/mol. The largest absolute Gasteiger partial charge is 0.306 e. The minimum Gasteiger partial charge on any atom is -0.306 e. The van der Waals surface area contributed by atoms with Gasteiger partial charge in [-0.05, 0) is 35.9 Å². The summed E-state index contributed by atoms with van der Waals surface area (Å²) in [6.07, 6.45) is 4.98. The van der Waals surface area contributed by atoms with E-state index in [1.165, 1.54) is 12.1 Å². The van der Waals surface area contributed by atoms with Gasteiger partial charge in [-0.15, -0.1) is 0 Å². The average molecular weight is 267 g/mol. The van der Waals surface area contributed by atoms with Crippen LogP contribution in [0.2, 0.25) is 0 Å².